The number of piperidine rings is 1. The second-order valence-corrected chi connectivity index (χ2v) is 15.6. The molecule has 2 fully saturated rings. The molecule has 54 heavy (non-hydrogen) atoms. The number of amides is 2. The van der Waals surface area contributed by atoms with Crippen LogP contribution < -0.4 is 10.1 Å². The van der Waals surface area contributed by atoms with Crippen LogP contribution >= 0.6 is 23.4 Å². The Hall–Kier alpha value is -4.16. The van der Waals surface area contributed by atoms with Gasteiger partial charge in [0.05, 0.1) is 0 Å². The van der Waals surface area contributed by atoms with Crippen LogP contribution in [0.1, 0.15) is 36.5 Å². The predicted octanol–water partition coefficient (Wildman–Crippen LogP) is 8.21. The third-order valence-corrected chi connectivity index (χ3v) is 11.5. The van der Waals surface area contributed by atoms with Crippen LogP contribution in [0.2, 0.25) is 5.02 Å². The van der Waals surface area contributed by atoms with E-state index in [0.717, 1.165) is 39.4 Å². The summed E-state index contributed by atoms with van der Waals surface area (Å²) >= 11 is 8.06. The fourth-order valence-corrected chi connectivity index (χ4v) is 8.43. The number of nitrogens with one attached hydrogen (secondary N) is 1. The van der Waals surface area contributed by atoms with Crippen molar-refractivity contribution in [2.75, 3.05) is 51.6 Å². The van der Waals surface area contributed by atoms with Crippen molar-refractivity contribution in [2.24, 2.45) is 5.92 Å². The van der Waals surface area contributed by atoms with E-state index in [1.165, 1.54) is 18.2 Å². The normalized spacial score (nSPS) is 16.3. The van der Waals surface area contributed by atoms with Crippen molar-refractivity contribution in [1.82, 2.24) is 20.0 Å². The first kappa shape index (κ1) is 39.5. The summed E-state index contributed by atoms with van der Waals surface area (Å²) in [5.74, 6) is 0.364. The summed E-state index contributed by atoms with van der Waals surface area (Å²) in [6, 6.07) is 24.2. The van der Waals surface area contributed by atoms with E-state index >= 15 is 0 Å². The van der Waals surface area contributed by atoms with Gasteiger partial charge >= 0.3 is 6.09 Å². The summed E-state index contributed by atoms with van der Waals surface area (Å²) < 4.78 is 34.6. The minimum atomic E-state index is -1.20. The van der Waals surface area contributed by atoms with E-state index in [1.807, 2.05) is 67.6 Å². The number of benzene rings is 4. The molecule has 2 saturated heterocycles. The molecule has 0 saturated carbocycles. The Morgan fingerprint density at radius 1 is 0.889 bits per heavy atom. The molecule has 286 valence electrons. The minimum absolute atomic E-state index is 0.126. The largest absolute Gasteiger partial charge is 0.489 e. The first-order valence-corrected chi connectivity index (χ1v) is 19.9. The number of hydrogen-bond acceptors (Lipinski definition) is 6. The van der Waals surface area contributed by atoms with Crippen molar-refractivity contribution in [1.29, 1.82) is 0 Å². The van der Waals surface area contributed by atoms with Crippen molar-refractivity contribution < 1.29 is 28.2 Å². The number of nitrogens with zero attached hydrogens (tertiary/aromatic N) is 3. The van der Waals surface area contributed by atoms with Crippen LogP contribution in [0, 0.1) is 17.6 Å². The molecule has 2 N–H and O–H groups in total. The second kappa shape index (κ2) is 18.9. The molecule has 4 aromatic carbocycles. The molecule has 12 heteroatoms. The van der Waals surface area contributed by atoms with Crippen molar-refractivity contribution in [3.63, 3.8) is 0 Å². The number of hydrogen-bond donors (Lipinski definition) is 2. The number of carbonyl (C=O) groups is 2. The van der Waals surface area contributed by atoms with E-state index in [0.29, 0.717) is 88.0 Å². The van der Waals surface area contributed by atoms with E-state index in [9.17, 15) is 23.5 Å². The molecular formula is C42H47ClF2N4O4S. The molecule has 0 radical (unpaired) electrons. The Balaban J connectivity index is 1.03. The third-order valence-electron chi connectivity index (χ3n) is 10.3. The maximum absolute atomic E-state index is 14.8. The Morgan fingerprint density at radius 3 is 2.37 bits per heavy atom. The van der Waals surface area contributed by atoms with Gasteiger partial charge in [0.25, 0.3) is 0 Å². The van der Waals surface area contributed by atoms with Crippen LogP contribution in [0.25, 0.3) is 11.1 Å². The molecule has 6 rings (SSSR count). The van der Waals surface area contributed by atoms with E-state index in [1.54, 1.807) is 22.7 Å². The van der Waals surface area contributed by atoms with E-state index in [-0.39, 0.29) is 23.5 Å². The average molecular weight is 777 g/mol. The molecule has 2 aliphatic rings. The maximum Gasteiger partial charge on any atom is 0.405 e. The van der Waals surface area contributed by atoms with E-state index < -0.39 is 12.1 Å². The lowest BCUT2D eigenvalue weighted by Crippen LogP contribution is -2.57. The molecule has 1 atom stereocenters. The number of rotatable bonds is 14. The van der Waals surface area contributed by atoms with Crippen LogP contribution in [-0.4, -0.2) is 89.4 Å². The first-order valence-electron chi connectivity index (χ1n) is 18.6. The highest BCUT2D eigenvalue weighted by Gasteiger charge is 2.36. The monoisotopic (exact) mass is 776 g/mol. The smallest absolute Gasteiger partial charge is 0.405 e. The van der Waals surface area contributed by atoms with Gasteiger partial charge in [0, 0.05) is 55.3 Å². The van der Waals surface area contributed by atoms with Crippen LogP contribution in [-0.2, 0) is 24.4 Å². The zero-order chi connectivity index (χ0) is 38.0. The summed E-state index contributed by atoms with van der Waals surface area (Å²) in [6.07, 6.45) is 0.820. The summed E-state index contributed by atoms with van der Waals surface area (Å²) in [5.41, 5.74) is 4.64. The standard InChI is InChI=1S/C42H47ClF2N4O4S/c1-2-54-39-26-35(44)10-8-32(39)27-48-18-20-49(21-19-48)41(50)40(46-42(51)52)30-12-15-47(16-13-30)17-14-31-22-34(43)9-11-38(31)33-23-36(45)25-37(24-33)53-28-29-6-4-3-5-7-29/h3-11,22-26,30,40,46H,2,12-21,27-28H2,1H3,(H,51,52). The lowest BCUT2D eigenvalue weighted by atomic mass is 9.88. The number of carboxylic acid groups (broad SMARTS) is 1. The van der Waals surface area contributed by atoms with Gasteiger partial charge in [-0.2, -0.15) is 0 Å². The lowest BCUT2D eigenvalue weighted by Gasteiger charge is -2.40. The Kier molecular flexibility index (Phi) is 13.9. The van der Waals surface area contributed by atoms with Gasteiger partial charge < -0.3 is 25.0 Å². The van der Waals surface area contributed by atoms with Crippen LogP contribution in [0.3, 0.4) is 0 Å². The van der Waals surface area contributed by atoms with Crippen molar-refractivity contribution in [3.8, 4) is 16.9 Å². The Labute approximate surface area is 325 Å². The molecule has 0 bridgehead atoms. The zero-order valence-corrected chi connectivity index (χ0v) is 32.1. The SMILES string of the molecule is CCSc1cc(F)ccc1CN1CCN(C(=O)C(NC(=O)O)C2CCN(CCc3cc(Cl)ccc3-c3cc(F)cc(OCc4ccccc4)c3)CC2)CC1. The lowest BCUT2D eigenvalue weighted by molar-refractivity contribution is -0.137. The number of ether oxygens (including phenoxy) is 1. The summed E-state index contributed by atoms with van der Waals surface area (Å²) in [6.45, 7) is 7.51. The third kappa shape index (κ3) is 10.7. The number of halogens is 3. The van der Waals surface area contributed by atoms with Gasteiger partial charge in [0.2, 0.25) is 5.91 Å². The highest BCUT2D eigenvalue weighted by molar-refractivity contribution is 7.99. The molecular weight excluding hydrogens is 730 g/mol. The topological polar surface area (TPSA) is 85.3 Å². The average Bonchev–Trinajstić information content (AvgIpc) is 3.17. The van der Waals surface area contributed by atoms with Crippen molar-refractivity contribution in [3.05, 3.63) is 118 Å². The fourth-order valence-electron chi connectivity index (χ4n) is 7.41. The van der Waals surface area contributed by atoms with E-state index in [2.05, 4.69) is 15.1 Å². The van der Waals surface area contributed by atoms with Crippen molar-refractivity contribution >= 4 is 35.4 Å². The van der Waals surface area contributed by atoms with Crippen molar-refractivity contribution in [2.45, 2.75) is 50.3 Å². The molecule has 1 unspecified atom stereocenters. The predicted molar refractivity (Wildman–Crippen MR) is 210 cm³/mol. The minimum Gasteiger partial charge on any atom is -0.489 e. The zero-order valence-electron chi connectivity index (χ0n) is 30.5. The molecule has 2 aliphatic heterocycles. The van der Waals surface area contributed by atoms with Crippen LogP contribution in [0.5, 0.6) is 5.75 Å². The Bertz CT molecular complexity index is 1890. The van der Waals surface area contributed by atoms with Gasteiger partial charge in [0.1, 0.15) is 30.0 Å². The summed E-state index contributed by atoms with van der Waals surface area (Å²) in [7, 11) is 0. The number of piperazine rings is 1. The maximum atomic E-state index is 14.8. The molecule has 4 aromatic rings. The highest BCUT2D eigenvalue weighted by Crippen LogP contribution is 2.32. The summed E-state index contributed by atoms with van der Waals surface area (Å²) in [4.78, 5) is 33.0. The quantitative estimate of drug-likeness (QED) is 0.125. The van der Waals surface area contributed by atoms with Gasteiger partial charge in [0.15, 0.2) is 0 Å². The van der Waals surface area contributed by atoms with Gasteiger partial charge in [-0.25, -0.2) is 13.6 Å². The fraction of sp³-hybridized carbons (Fsp3) is 0.381. The first-order chi connectivity index (χ1) is 26.1. The molecule has 0 spiro atoms. The molecule has 8 nitrogen and oxygen atoms in total. The molecule has 0 aliphatic carbocycles. The van der Waals surface area contributed by atoms with Gasteiger partial charge in [-0.3, -0.25) is 9.69 Å². The van der Waals surface area contributed by atoms with E-state index in [4.69, 9.17) is 16.3 Å². The number of thioether (sulfide) groups is 1. The van der Waals surface area contributed by atoms with Gasteiger partial charge in [-0.05, 0) is 108 Å². The number of likely N-dealkylation sites (tertiary alicyclic amines) is 1. The summed E-state index contributed by atoms with van der Waals surface area (Å²) in [5, 5.41) is 12.9. The molecule has 2 amide bonds. The highest BCUT2D eigenvalue weighted by atomic mass is 35.5. The number of carbonyl (C=O) groups excluding carboxylic acids is 1. The molecule has 2 heterocycles. The van der Waals surface area contributed by atoms with Crippen LogP contribution in [0.4, 0.5) is 13.6 Å². The van der Waals surface area contributed by atoms with Gasteiger partial charge in [-0.15, -0.1) is 11.8 Å². The van der Waals surface area contributed by atoms with Crippen LogP contribution in [0.15, 0.2) is 89.8 Å². The van der Waals surface area contributed by atoms with Gasteiger partial charge in [-0.1, -0.05) is 61.0 Å². The Morgan fingerprint density at radius 2 is 1.65 bits per heavy atom. The molecule has 0 aromatic heterocycles. The second-order valence-electron chi connectivity index (χ2n) is 13.9.